The van der Waals surface area contributed by atoms with E-state index in [9.17, 15) is 4.79 Å². The highest BCUT2D eigenvalue weighted by Crippen LogP contribution is 2.36. The van der Waals surface area contributed by atoms with Crippen molar-refractivity contribution >= 4 is 17.5 Å². The summed E-state index contributed by atoms with van der Waals surface area (Å²) in [6.07, 6.45) is 1.94. The molecule has 0 bridgehead atoms. The molecule has 28 heavy (non-hydrogen) atoms. The molecule has 0 radical (unpaired) electrons. The van der Waals surface area contributed by atoms with Crippen LogP contribution in [0.15, 0.2) is 42.5 Å². The van der Waals surface area contributed by atoms with Crippen LogP contribution >= 0.6 is 11.6 Å². The zero-order valence-corrected chi connectivity index (χ0v) is 17.3. The van der Waals surface area contributed by atoms with Gasteiger partial charge in [-0.15, -0.1) is 0 Å². The van der Waals surface area contributed by atoms with E-state index in [0.29, 0.717) is 16.5 Å². The van der Waals surface area contributed by atoms with Gasteiger partial charge in [0.2, 0.25) is 5.91 Å². The lowest BCUT2D eigenvalue weighted by Crippen LogP contribution is -2.38. The molecule has 1 N–H and O–H groups in total. The zero-order chi connectivity index (χ0) is 20.1. The first kappa shape index (κ1) is 20.5. The van der Waals surface area contributed by atoms with Crippen molar-refractivity contribution in [3.05, 3.63) is 58.6 Å². The van der Waals surface area contributed by atoms with Gasteiger partial charge in [-0.3, -0.25) is 4.79 Å². The van der Waals surface area contributed by atoms with E-state index in [2.05, 4.69) is 5.32 Å². The number of ether oxygens (including phenoxy) is 2. The van der Waals surface area contributed by atoms with Gasteiger partial charge in [-0.1, -0.05) is 29.8 Å². The van der Waals surface area contributed by atoms with E-state index in [0.717, 1.165) is 30.5 Å². The number of nitrogens with zero attached hydrogens (tertiary/aromatic N) is 1. The fourth-order valence-corrected chi connectivity index (χ4v) is 3.91. The second-order valence-corrected chi connectivity index (χ2v) is 7.45. The van der Waals surface area contributed by atoms with Crippen LogP contribution in [-0.2, 0) is 4.79 Å². The van der Waals surface area contributed by atoms with E-state index in [4.69, 9.17) is 21.1 Å². The fraction of sp³-hybridized carbons (Fsp3) is 0.409. The molecule has 6 heteroatoms. The molecule has 1 fully saturated rings. The highest BCUT2D eigenvalue weighted by Gasteiger charge is 2.30. The van der Waals surface area contributed by atoms with E-state index in [1.165, 1.54) is 0 Å². The summed E-state index contributed by atoms with van der Waals surface area (Å²) in [5.74, 6) is 1.48. The van der Waals surface area contributed by atoms with Crippen LogP contribution in [0.4, 0.5) is 0 Å². The lowest BCUT2D eigenvalue weighted by atomic mass is 10.0. The summed E-state index contributed by atoms with van der Waals surface area (Å²) in [6.45, 7) is 3.09. The largest absolute Gasteiger partial charge is 0.493 e. The van der Waals surface area contributed by atoms with Gasteiger partial charge in [0.05, 0.1) is 26.8 Å². The fourth-order valence-electron chi connectivity index (χ4n) is 3.71. The minimum atomic E-state index is 0.0461. The first-order valence-corrected chi connectivity index (χ1v) is 9.91. The van der Waals surface area contributed by atoms with Gasteiger partial charge in [0.15, 0.2) is 11.5 Å². The van der Waals surface area contributed by atoms with E-state index in [-0.39, 0.29) is 24.5 Å². The molecule has 0 aliphatic carbocycles. The maximum atomic E-state index is 12.9. The number of hydrogen-bond acceptors (Lipinski definition) is 4. The van der Waals surface area contributed by atoms with E-state index in [1.807, 2.05) is 54.3 Å². The Hall–Kier alpha value is -2.24. The molecule has 3 rings (SSSR count). The maximum absolute atomic E-state index is 12.9. The van der Waals surface area contributed by atoms with Crippen molar-refractivity contribution in [1.29, 1.82) is 0 Å². The van der Waals surface area contributed by atoms with Crippen molar-refractivity contribution in [2.75, 3.05) is 27.3 Å². The number of benzene rings is 2. The summed E-state index contributed by atoms with van der Waals surface area (Å²) in [5.41, 5.74) is 2.14. The number of nitrogens with one attached hydrogen (secondary N) is 1. The Morgan fingerprint density at radius 2 is 2.00 bits per heavy atom. The maximum Gasteiger partial charge on any atom is 0.237 e. The van der Waals surface area contributed by atoms with Gasteiger partial charge < -0.3 is 19.7 Å². The number of carbonyl (C=O) groups is 1. The molecule has 2 aromatic rings. The Morgan fingerprint density at radius 1 is 1.21 bits per heavy atom. The van der Waals surface area contributed by atoms with Crippen LogP contribution in [0.25, 0.3) is 0 Å². The lowest BCUT2D eigenvalue weighted by Gasteiger charge is -2.26. The smallest absolute Gasteiger partial charge is 0.237 e. The minimum Gasteiger partial charge on any atom is -0.493 e. The van der Waals surface area contributed by atoms with Gasteiger partial charge in [-0.05, 0) is 55.2 Å². The molecule has 2 atom stereocenters. The molecular weight excluding hydrogens is 376 g/mol. The lowest BCUT2D eigenvalue weighted by molar-refractivity contribution is -0.131. The van der Waals surface area contributed by atoms with Gasteiger partial charge in [-0.2, -0.15) is 0 Å². The number of carbonyl (C=O) groups excluding carboxylic acids is 1. The van der Waals surface area contributed by atoms with E-state index in [1.54, 1.807) is 14.2 Å². The zero-order valence-electron chi connectivity index (χ0n) is 16.6. The predicted octanol–water partition coefficient (Wildman–Crippen LogP) is 4.37. The number of hydrogen-bond donors (Lipinski definition) is 1. The number of likely N-dealkylation sites (tertiary alicyclic amines) is 1. The van der Waals surface area contributed by atoms with Crippen molar-refractivity contribution in [2.24, 2.45) is 0 Å². The van der Waals surface area contributed by atoms with Crippen molar-refractivity contribution < 1.29 is 14.3 Å². The van der Waals surface area contributed by atoms with Crippen LogP contribution in [0.2, 0.25) is 5.02 Å². The second-order valence-electron chi connectivity index (χ2n) is 7.02. The summed E-state index contributed by atoms with van der Waals surface area (Å²) in [5, 5.41) is 4.02. The standard InChI is InChI=1S/C22H27ClN2O3/c1-15(16-6-4-7-18(23)12-16)24-14-22(26)25-11-5-8-19(25)17-9-10-20(27-2)21(13-17)28-3/h4,6-7,9-10,12-13,15,19,24H,5,8,11,14H2,1-3H3. The highest BCUT2D eigenvalue weighted by atomic mass is 35.5. The molecular formula is C22H27ClN2O3. The Labute approximate surface area is 171 Å². The summed E-state index contributed by atoms with van der Waals surface area (Å²) < 4.78 is 10.7. The SMILES string of the molecule is COc1ccc(C2CCCN2C(=O)CNC(C)c2cccc(Cl)c2)cc1OC. The quantitative estimate of drug-likeness (QED) is 0.747. The monoisotopic (exact) mass is 402 g/mol. The summed E-state index contributed by atoms with van der Waals surface area (Å²) in [7, 11) is 3.25. The Bertz CT molecular complexity index is 827. The molecule has 1 aliphatic rings. The second kappa shape index (κ2) is 9.30. The van der Waals surface area contributed by atoms with Crippen molar-refractivity contribution in [3.63, 3.8) is 0 Å². The number of methoxy groups -OCH3 is 2. The van der Waals surface area contributed by atoms with E-state index >= 15 is 0 Å². The van der Waals surface area contributed by atoms with Crippen LogP contribution in [-0.4, -0.2) is 38.1 Å². The van der Waals surface area contributed by atoms with Crippen LogP contribution in [0.3, 0.4) is 0 Å². The summed E-state index contributed by atoms with van der Waals surface area (Å²) in [6, 6.07) is 13.7. The molecule has 1 amide bonds. The topological polar surface area (TPSA) is 50.8 Å². The predicted molar refractivity (Wildman–Crippen MR) is 111 cm³/mol. The molecule has 1 heterocycles. The van der Waals surface area contributed by atoms with Crippen LogP contribution < -0.4 is 14.8 Å². The normalized spacial score (nSPS) is 17.4. The first-order valence-electron chi connectivity index (χ1n) is 9.53. The molecule has 0 aromatic heterocycles. The molecule has 2 unspecified atom stereocenters. The van der Waals surface area contributed by atoms with Gasteiger partial charge in [0.1, 0.15) is 0 Å². The molecule has 0 spiro atoms. The molecule has 1 saturated heterocycles. The van der Waals surface area contributed by atoms with Crippen molar-refractivity contribution in [2.45, 2.75) is 31.8 Å². The van der Waals surface area contributed by atoms with Crippen molar-refractivity contribution in [3.8, 4) is 11.5 Å². The third kappa shape index (κ3) is 4.59. The van der Waals surface area contributed by atoms with Gasteiger partial charge in [0.25, 0.3) is 0 Å². The van der Waals surface area contributed by atoms with Crippen LogP contribution in [0, 0.1) is 0 Å². The average Bonchev–Trinajstić information content (AvgIpc) is 3.21. The third-order valence-electron chi connectivity index (χ3n) is 5.27. The Balaban J connectivity index is 1.66. The van der Waals surface area contributed by atoms with E-state index < -0.39 is 0 Å². The Kier molecular flexibility index (Phi) is 6.81. The third-order valence-corrected chi connectivity index (χ3v) is 5.51. The molecule has 150 valence electrons. The van der Waals surface area contributed by atoms with Gasteiger partial charge in [0, 0.05) is 17.6 Å². The molecule has 1 aliphatic heterocycles. The summed E-state index contributed by atoms with van der Waals surface area (Å²) in [4.78, 5) is 14.8. The molecule has 5 nitrogen and oxygen atoms in total. The van der Waals surface area contributed by atoms with Crippen LogP contribution in [0.1, 0.15) is 43.0 Å². The first-order chi connectivity index (χ1) is 13.5. The number of halogens is 1. The highest BCUT2D eigenvalue weighted by molar-refractivity contribution is 6.30. The average molecular weight is 403 g/mol. The minimum absolute atomic E-state index is 0.0461. The molecule has 2 aromatic carbocycles. The van der Waals surface area contributed by atoms with Gasteiger partial charge >= 0.3 is 0 Å². The molecule has 0 saturated carbocycles. The van der Waals surface area contributed by atoms with Gasteiger partial charge in [-0.25, -0.2) is 0 Å². The number of amides is 1. The van der Waals surface area contributed by atoms with Crippen molar-refractivity contribution in [1.82, 2.24) is 10.2 Å². The van der Waals surface area contributed by atoms with Crippen LogP contribution in [0.5, 0.6) is 11.5 Å². The summed E-state index contributed by atoms with van der Waals surface area (Å²) >= 11 is 6.07. The Morgan fingerprint density at radius 3 is 2.71 bits per heavy atom. The number of rotatable bonds is 7.